The van der Waals surface area contributed by atoms with Crippen LogP contribution < -0.4 is 16.0 Å². The van der Waals surface area contributed by atoms with Crippen molar-refractivity contribution in [3.63, 3.8) is 0 Å². The van der Waals surface area contributed by atoms with Crippen LogP contribution in [-0.4, -0.2) is 53.5 Å². The van der Waals surface area contributed by atoms with Crippen LogP contribution in [0.5, 0.6) is 0 Å². The van der Waals surface area contributed by atoms with Crippen LogP contribution in [0.1, 0.15) is 31.9 Å². The van der Waals surface area contributed by atoms with E-state index < -0.39 is 11.5 Å². The Bertz CT molecular complexity index is 1040. The first-order valence-electron chi connectivity index (χ1n) is 11.9. The van der Waals surface area contributed by atoms with Crippen LogP contribution >= 0.6 is 0 Å². The molecule has 0 saturated carbocycles. The molecular formula is C27H36N5O3+. The lowest BCUT2D eigenvalue weighted by atomic mass is 9.97. The molecule has 2 atom stereocenters. The van der Waals surface area contributed by atoms with Crippen LogP contribution in [0.4, 0.5) is 0 Å². The van der Waals surface area contributed by atoms with Crippen molar-refractivity contribution in [1.82, 2.24) is 15.5 Å². The molecule has 0 aliphatic carbocycles. The molecule has 1 aliphatic rings. The molecule has 0 radical (unpaired) electrons. The van der Waals surface area contributed by atoms with Gasteiger partial charge in [0.1, 0.15) is 18.0 Å². The maximum absolute atomic E-state index is 12.6. The van der Waals surface area contributed by atoms with Crippen molar-refractivity contribution in [2.24, 2.45) is 11.8 Å². The Morgan fingerprint density at radius 3 is 2.29 bits per heavy atom. The number of rotatable bonds is 10. The second kappa shape index (κ2) is 11.9. The van der Waals surface area contributed by atoms with E-state index in [1.807, 2.05) is 48.5 Å². The largest absolute Gasteiger partial charge is 0.361 e. The number of hydrogen-bond acceptors (Lipinski definition) is 5. The summed E-state index contributed by atoms with van der Waals surface area (Å²) in [6.07, 6.45) is 0. The molecule has 2 aromatic carbocycles. The molecule has 2 amide bonds. The average molecular weight is 479 g/mol. The topological polar surface area (TPSA) is 120 Å². The molecule has 8 heteroatoms. The highest BCUT2D eigenvalue weighted by molar-refractivity contribution is 6.40. The molecule has 1 heterocycles. The van der Waals surface area contributed by atoms with Gasteiger partial charge in [-0.1, -0.05) is 67.6 Å². The molecule has 3 rings (SSSR count). The van der Waals surface area contributed by atoms with Gasteiger partial charge in [-0.2, -0.15) is 0 Å². The second-order valence-electron chi connectivity index (χ2n) is 9.62. The molecule has 0 aromatic heterocycles. The van der Waals surface area contributed by atoms with Crippen LogP contribution in [0.3, 0.4) is 0 Å². The van der Waals surface area contributed by atoms with Crippen molar-refractivity contribution in [3.8, 4) is 0 Å². The number of benzene rings is 2. The van der Waals surface area contributed by atoms with E-state index in [4.69, 9.17) is 15.6 Å². The summed E-state index contributed by atoms with van der Waals surface area (Å²) in [6.45, 7) is 7.94. The number of nitrogens with one attached hydrogen (secondary N) is 3. The minimum absolute atomic E-state index is 0.0613. The number of amidine groups is 1. The SMILES string of the molecule is CC1CN(Cc2ccccc2)CC1C(=N)NC(=O)C(=[NH2+])CNC(=O)C(C)(C)OCc1ccccc1. The Labute approximate surface area is 207 Å². The lowest BCUT2D eigenvalue weighted by molar-refractivity contribution is -0.145. The van der Waals surface area contributed by atoms with Crippen LogP contribution in [0.2, 0.25) is 0 Å². The highest BCUT2D eigenvalue weighted by Gasteiger charge is 2.34. The Morgan fingerprint density at radius 1 is 1.06 bits per heavy atom. The fraction of sp³-hybridized carbons (Fsp3) is 0.407. The van der Waals surface area contributed by atoms with E-state index in [0.717, 1.165) is 18.7 Å². The molecule has 186 valence electrons. The van der Waals surface area contributed by atoms with Gasteiger partial charge < -0.3 is 15.4 Å². The van der Waals surface area contributed by atoms with Crippen molar-refractivity contribution < 1.29 is 19.7 Å². The second-order valence-corrected chi connectivity index (χ2v) is 9.62. The van der Waals surface area contributed by atoms with Crippen molar-refractivity contribution >= 4 is 23.4 Å². The van der Waals surface area contributed by atoms with Gasteiger partial charge in [-0.3, -0.25) is 25.3 Å². The minimum atomic E-state index is -1.10. The summed E-state index contributed by atoms with van der Waals surface area (Å²) >= 11 is 0. The number of nitrogens with two attached hydrogens (primary N) is 1. The zero-order valence-corrected chi connectivity index (χ0v) is 20.7. The molecule has 35 heavy (non-hydrogen) atoms. The molecule has 1 saturated heterocycles. The monoisotopic (exact) mass is 478 g/mol. The molecule has 2 unspecified atom stereocenters. The molecule has 1 aliphatic heterocycles. The average Bonchev–Trinajstić information content (AvgIpc) is 3.22. The number of ether oxygens (including phenoxy) is 1. The van der Waals surface area contributed by atoms with Crippen molar-refractivity contribution in [1.29, 1.82) is 5.41 Å². The van der Waals surface area contributed by atoms with Gasteiger partial charge in [0.2, 0.25) is 0 Å². The molecule has 5 N–H and O–H groups in total. The summed E-state index contributed by atoms with van der Waals surface area (Å²) in [5.74, 6) is -0.642. The number of carbonyl (C=O) groups excluding carboxylic acids is 2. The van der Waals surface area contributed by atoms with Gasteiger partial charge in [-0.05, 0) is 30.9 Å². The van der Waals surface area contributed by atoms with Gasteiger partial charge in [0, 0.05) is 25.6 Å². The summed E-state index contributed by atoms with van der Waals surface area (Å²) in [5.41, 5.74) is 1.02. The third kappa shape index (κ3) is 7.56. The standard InChI is InChI=1S/C27H35N5O3/c1-19-15-32(16-20-10-6-4-7-11-20)17-22(19)24(29)31-25(33)23(28)14-30-26(34)27(2,3)35-18-21-12-8-5-9-13-21/h4-13,19,22,28H,14-18H2,1-3H3,(H,30,34)(H2,29,31,33)/p+1. The van der Waals surface area contributed by atoms with Gasteiger partial charge in [-0.15, -0.1) is 0 Å². The first-order chi connectivity index (χ1) is 16.7. The van der Waals surface area contributed by atoms with Crippen molar-refractivity contribution in [2.45, 2.75) is 39.5 Å². The van der Waals surface area contributed by atoms with Gasteiger partial charge in [0.25, 0.3) is 11.6 Å². The fourth-order valence-corrected chi connectivity index (χ4v) is 4.08. The van der Waals surface area contributed by atoms with E-state index in [1.165, 1.54) is 5.56 Å². The predicted octanol–water partition coefficient (Wildman–Crippen LogP) is 1.16. The maximum atomic E-state index is 12.6. The van der Waals surface area contributed by atoms with E-state index >= 15 is 0 Å². The van der Waals surface area contributed by atoms with E-state index in [0.29, 0.717) is 13.2 Å². The van der Waals surface area contributed by atoms with Crippen LogP contribution in [0, 0.1) is 17.2 Å². The highest BCUT2D eigenvalue weighted by Crippen LogP contribution is 2.24. The third-order valence-corrected chi connectivity index (χ3v) is 6.28. The number of hydrogen-bond donors (Lipinski definition) is 4. The van der Waals surface area contributed by atoms with Crippen LogP contribution in [-0.2, 0) is 27.5 Å². The fourth-order valence-electron chi connectivity index (χ4n) is 4.08. The molecule has 1 fully saturated rings. The molecule has 2 aromatic rings. The minimum Gasteiger partial charge on any atom is -0.361 e. The highest BCUT2D eigenvalue weighted by atomic mass is 16.5. The Kier molecular flexibility index (Phi) is 8.89. The van der Waals surface area contributed by atoms with Gasteiger partial charge >= 0.3 is 5.91 Å². The molecule has 0 spiro atoms. The van der Waals surface area contributed by atoms with Crippen molar-refractivity contribution in [3.05, 3.63) is 71.8 Å². The third-order valence-electron chi connectivity index (χ3n) is 6.28. The Hall–Kier alpha value is -3.36. The quantitative estimate of drug-likeness (QED) is 0.303. The van der Waals surface area contributed by atoms with E-state index in [-0.39, 0.29) is 35.8 Å². The summed E-state index contributed by atoms with van der Waals surface area (Å²) in [7, 11) is 0. The lowest BCUT2D eigenvalue weighted by Crippen LogP contribution is -2.58. The maximum Gasteiger partial charge on any atom is 0.318 e. The number of likely N-dealkylation sites (tertiary alicyclic amines) is 1. The summed E-state index contributed by atoms with van der Waals surface area (Å²) in [6, 6.07) is 19.8. The molecule has 8 nitrogen and oxygen atoms in total. The normalized spacial score (nSPS) is 18.1. The van der Waals surface area contributed by atoms with Gasteiger partial charge in [0.05, 0.1) is 6.61 Å². The van der Waals surface area contributed by atoms with Gasteiger partial charge in [-0.25, -0.2) is 0 Å². The number of carbonyl (C=O) groups is 2. The van der Waals surface area contributed by atoms with Crippen molar-refractivity contribution in [2.75, 3.05) is 19.6 Å². The van der Waals surface area contributed by atoms with E-state index in [2.05, 4.69) is 34.6 Å². The van der Waals surface area contributed by atoms with E-state index in [9.17, 15) is 9.59 Å². The Morgan fingerprint density at radius 2 is 1.66 bits per heavy atom. The molecule has 0 bridgehead atoms. The number of amides is 2. The Balaban J connectivity index is 1.43. The summed E-state index contributed by atoms with van der Waals surface area (Å²) in [5, 5.41) is 19.6. The van der Waals surface area contributed by atoms with Crippen LogP contribution in [0.25, 0.3) is 0 Å². The first kappa shape index (κ1) is 26.2. The zero-order valence-electron chi connectivity index (χ0n) is 20.7. The van der Waals surface area contributed by atoms with Crippen LogP contribution in [0.15, 0.2) is 60.7 Å². The smallest absolute Gasteiger partial charge is 0.318 e. The predicted molar refractivity (Wildman–Crippen MR) is 135 cm³/mol. The van der Waals surface area contributed by atoms with Gasteiger partial charge in [0.15, 0.2) is 0 Å². The first-order valence-corrected chi connectivity index (χ1v) is 11.9. The lowest BCUT2D eigenvalue weighted by Gasteiger charge is -2.24. The molecular weight excluding hydrogens is 442 g/mol. The summed E-state index contributed by atoms with van der Waals surface area (Å²) in [4.78, 5) is 27.4. The van der Waals surface area contributed by atoms with E-state index in [1.54, 1.807) is 13.8 Å². The summed E-state index contributed by atoms with van der Waals surface area (Å²) < 4.78 is 5.77. The zero-order chi connectivity index (χ0) is 25.4. The number of nitrogens with zero attached hydrogens (tertiary/aromatic N) is 1.